The molecular weight excluding hydrogens is 519 g/mol. The number of ether oxygens (including phenoxy) is 1. The van der Waals surface area contributed by atoms with Crippen molar-refractivity contribution in [1.82, 2.24) is 20.3 Å². The van der Waals surface area contributed by atoms with E-state index in [0.717, 1.165) is 47.2 Å². The fourth-order valence-electron chi connectivity index (χ4n) is 4.20. The van der Waals surface area contributed by atoms with Crippen LogP contribution in [-0.2, 0) is 13.0 Å². The van der Waals surface area contributed by atoms with Gasteiger partial charge in [0.2, 0.25) is 0 Å². The van der Waals surface area contributed by atoms with E-state index in [1.54, 1.807) is 24.7 Å². The molecule has 0 saturated carbocycles. The number of nitriles is 1. The molecule has 38 heavy (non-hydrogen) atoms. The van der Waals surface area contributed by atoms with Crippen molar-refractivity contribution in [2.24, 2.45) is 0 Å². The van der Waals surface area contributed by atoms with Gasteiger partial charge in [0.1, 0.15) is 11.8 Å². The van der Waals surface area contributed by atoms with E-state index in [1.807, 2.05) is 24.4 Å². The van der Waals surface area contributed by atoms with Gasteiger partial charge in [-0.1, -0.05) is 59.6 Å². The molecule has 0 aliphatic carbocycles. The number of pyridine rings is 1. The number of hydrogen-bond donors (Lipinski definition) is 3. The van der Waals surface area contributed by atoms with Crippen LogP contribution >= 0.6 is 23.2 Å². The summed E-state index contributed by atoms with van der Waals surface area (Å²) < 4.78 is 5.32. The standard InChI is InChI=1S/C29H24Cl2N6O/c1-38-28-12-27(24(30)11-25(28)31)37-29-21(13-32)15-35-26-10-20(6-7-23(26)29)19-4-2-18(3-5-19)14-33-9-8-22-16-34-17-36-22/h2-7,10-12,15-17,33H,8-9,14H2,1H3,(H,34,36)(H,35,37). The molecule has 0 saturated heterocycles. The Hall–Kier alpha value is -4.09. The van der Waals surface area contributed by atoms with Gasteiger partial charge in [0.05, 0.1) is 51.6 Å². The quantitative estimate of drug-likeness (QED) is 0.175. The summed E-state index contributed by atoms with van der Waals surface area (Å²) in [5.74, 6) is 0.481. The second-order valence-corrected chi connectivity index (χ2v) is 9.48. The maximum atomic E-state index is 9.74. The zero-order valence-electron chi connectivity index (χ0n) is 20.6. The number of halogens is 2. The number of methoxy groups -OCH3 is 1. The first-order chi connectivity index (χ1) is 18.6. The highest BCUT2D eigenvalue weighted by molar-refractivity contribution is 6.37. The smallest absolute Gasteiger partial charge is 0.139 e. The van der Waals surface area contributed by atoms with Crippen molar-refractivity contribution in [2.75, 3.05) is 19.0 Å². The second-order valence-electron chi connectivity index (χ2n) is 8.67. The lowest BCUT2D eigenvalue weighted by Gasteiger charge is -2.15. The Bertz CT molecular complexity index is 1610. The summed E-state index contributed by atoms with van der Waals surface area (Å²) in [7, 11) is 1.54. The summed E-state index contributed by atoms with van der Waals surface area (Å²) in [5, 5.41) is 18.1. The molecule has 3 aromatic carbocycles. The van der Waals surface area contributed by atoms with Gasteiger partial charge in [0, 0.05) is 43.4 Å². The molecule has 0 unspecified atom stereocenters. The number of nitrogens with one attached hydrogen (secondary N) is 3. The van der Waals surface area contributed by atoms with Gasteiger partial charge in [0.15, 0.2) is 0 Å². The highest BCUT2D eigenvalue weighted by atomic mass is 35.5. The molecule has 2 heterocycles. The topological polar surface area (TPSA) is 98.6 Å². The number of rotatable bonds is 9. The number of anilines is 2. The van der Waals surface area contributed by atoms with Crippen molar-refractivity contribution < 1.29 is 4.74 Å². The molecule has 7 nitrogen and oxygen atoms in total. The Kier molecular flexibility index (Phi) is 7.75. The van der Waals surface area contributed by atoms with Crippen LogP contribution in [0.1, 0.15) is 16.8 Å². The molecule has 5 rings (SSSR count). The van der Waals surface area contributed by atoms with Gasteiger partial charge in [-0.25, -0.2) is 4.98 Å². The Balaban J connectivity index is 1.36. The van der Waals surface area contributed by atoms with Crippen molar-refractivity contribution in [2.45, 2.75) is 13.0 Å². The van der Waals surface area contributed by atoms with E-state index < -0.39 is 0 Å². The normalized spacial score (nSPS) is 10.9. The highest BCUT2D eigenvalue weighted by Crippen LogP contribution is 2.38. The van der Waals surface area contributed by atoms with E-state index in [9.17, 15) is 5.26 Å². The van der Waals surface area contributed by atoms with Crippen LogP contribution in [0.4, 0.5) is 11.4 Å². The molecule has 0 bridgehead atoms. The number of hydrogen-bond acceptors (Lipinski definition) is 6. The van der Waals surface area contributed by atoms with E-state index in [2.05, 4.69) is 55.9 Å². The van der Waals surface area contributed by atoms with E-state index >= 15 is 0 Å². The summed E-state index contributed by atoms with van der Waals surface area (Å²) in [6, 6.07) is 20.0. The number of H-pyrrole nitrogens is 1. The first-order valence-electron chi connectivity index (χ1n) is 12.0. The first-order valence-corrected chi connectivity index (χ1v) is 12.7. The molecule has 0 atom stereocenters. The van der Waals surface area contributed by atoms with Crippen LogP contribution < -0.4 is 15.4 Å². The average molecular weight is 543 g/mol. The number of nitrogens with zero attached hydrogens (tertiary/aromatic N) is 3. The third kappa shape index (κ3) is 5.58. The molecule has 0 aliphatic heterocycles. The summed E-state index contributed by atoms with van der Waals surface area (Å²) in [4.78, 5) is 11.8. The fraction of sp³-hybridized carbons (Fsp3) is 0.138. The summed E-state index contributed by atoms with van der Waals surface area (Å²) in [6.45, 7) is 1.64. The third-order valence-corrected chi connectivity index (χ3v) is 6.83. The van der Waals surface area contributed by atoms with Gasteiger partial charge in [-0.05, 0) is 28.8 Å². The maximum absolute atomic E-state index is 9.74. The minimum absolute atomic E-state index is 0.402. The monoisotopic (exact) mass is 542 g/mol. The molecule has 0 radical (unpaired) electrons. The predicted molar refractivity (Wildman–Crippen MR) is 152 cm³/mol. The van der Waals surface area contributed by atoms with Gasteiger partial charge < -0.3 is 20.4 Å². The maximum Gasteiger partial charge on any atom is 0.139 e. The van der Waals surface area contributed by atoms with Crippen LogP contribution in [0.15, 0.2) is 73.3 Å². The Morgan fingerprint density at radius 1 is 1.00 bits per heavy atom. The van der Waals surface area contributed by atoms with Gasteiger partial charge in [0.25, 0.3) is 0 Å². The molecule has 0 fully saturated rings. The Morgan fingerprint density at radius 3 is 2.55 bits per heavy atom. The second kappa shape index (κ2) is 11.5. The summed E-state index contributed by atoms with van der Waals surface area (Å²) in [6.07, 6.45) is 6.06. The number of benzene rings is 3. The third-order valence-electron chi connectivity index (χ3n) is 6.22. The fourth-order valence-corrected chi connectivity index (χ4v) is 4.71. The van der Waals surface area contributed by atoms with E-state index in [0.29, 0.717) is 32.7 Å². The van der Waals surface area contributed by atoms with Crippen LogP contribution in [0.25, 0.3) is 22.0 Å². The average Bonchev–Trinajstić information content (AvgIpc) is 3.46. The van der Waals surface area contributed by atoms with Crippen molar-refractivity contribution >= 4 is 45.5 Å². The summed E-state index contributed by atoms with van der Waals surface area (Å²) in [5.41, 5.74) is 6.72. The van der Waals surface area contributed by atoms with Crippen molar-refractivity contribution in [3.8, 4) is 22.9 Å². The number of aromatic amines is 1. The molecule has 9 heteroatoms. The van der Waals surface area contributed by atoms with E-state index in [-0.39, 0.29) is 0 Å². The zero-order valence-corrected chi connectivity index (χ0v) is 22.1. The molecule has 190 valence electrons. The lowest BCUT2D eigenvalue weighted by atomic mass is 10.0. The Morgan fingerprint density at radius 2 is 1.82 bits per heavy atom. The van der Waals surface area contributed by atoms with Crippen LogP contribution in [0.5, 0.6) is 5.75 Å². The van der Waals surface area contributed by atoms with Gasteiger partial charge in [-0.2, -0.15) is 5.26 Å². The lowest BCUT2D eigenvalue weighted by molar-refractivity contribution is 0.415. The van der Waals surface area contributed by atoms with Crippen LogP contribution in [-0.4, -0.2) is 28.6 Å². The zero-order chi connectivity index (χ0) is 26.5. The van der Waals surface area contributed by atoms with Crippen LogP contribution in [0.3, 0.4) is 0 Å². The van der Waals surface area contributed by atoms with E-state index in [1.165, 1.54) is 12.7 Å². The van der Waals surface area contributed by atoms with Crippen molar-refractivity contribution in [1.29, 1.82) is 5.26 Å². The molecule has 0 amide bonds. The molecule has 0 aliphatic rings. The molecule has 5 aromatic rings. The minimum Gasteiger partial charge on any atom is -0.495 e. The van der Waals surface area contributed by atoms with Gasteiger partial charge in [-0.15, -0.1) is 0 Å². The van der Waals surface area contributed by atoms with Gasteiger partial charge in [-0.3, -0.25) is 4.98 Å². The molecule has 3 N–H and O–H groups in total. The first kappa shape index (κ1) is 25.6. The largest absolute Gasteiger partial charge is 0.495 e. The lowest BCUT2D eigenvalue weighted by Crippen LogP contribution is -2.16. The van der Waals surface area contributed by atoms with Gasteiger partial charge >= 0.3 is 0 Å². The predicted octanol–water partition coefficient (Wildman–Crippen LogP) is 6.89. The highest BCUT2D eigenvalue weighted by Gasteiger charge is 2.14. The SMILES string of the molecule is COc1cc(Nc2c(C#N)cnc3cc(-c4ccc(CNCCc5c[nH]cn5)cc4)ccc23)c(Cl)cc1Cl. The van der Waals surface area contributed by atoms with Crippen molar-refractivity contribution in [3.63, 3.8) is 0 Å². The number of aromatic nitrogens is 3. The summed E-state index contributed by atoms with van der Waals surface area (Å²) >= 11 is 12.6. The Labute approximate surface area is 230 Å². The number of imidazole rings is 1. The van der Waals surface area contributed by atoms with Crippen LogP contribution in [0.2, 0.25) is 10.0 Å². The number of fused-ring (bicyclic) bond motifs is 1. The van der Waals surface area contributed by atoms with E-state index in [4.69, 9.17) is 27.9 Å². The minimum atomic E-state index is 0.402. The molecule has 2 aromatic heterocycles. The van der Waals surface area contributed by atoms with Crippen molar-refractivity contribution in [3.05, 3.63) is 100 Å². The molecular formula is C29H24Cl2N6O. The molecule has 0 spiro atoms. The van der Waals surface area contributed by atoms with Crippen LogP contribution in [0, 0.1) is 11.3 Å².